The van der Waals surface area contributed by atoms with Crippen molar-refractivity contribution in [3.63, 3.8) is 0 Å². The van der Waals surface area contributed by atoms with Gasteiger partial charge in [0.05, 0.1) is 18.2 Å². The zero-order valence-corrected chi connectivity index (χ0v) is 13.2. The van der Waals surface area contributed by atoms with E-state index >= 15 is 0 Å². The third kappa shape index (κ3) is 6.62. The Bertz CT molecular complexity index is 361. The summed E-state index contributed by atoms with van der Waals surface area (Å²) in [4.78, 5) is 0. The average molecular weight is 309 g/mol. The van der Waals surface area contributed by atoms with Gasteiger partial charge in [0, 0.05) is 0 Å². The Morgan fingerprint density at radius 2 is 1.79 bits per heavy atom. The van der Waals surface area contributed by atoms with Gasteiger partial charge in [-0.15, -0.1) is 0 Å². The summed E-state index contributed by atoms with van der Waals surface area (Å²) in [7, 11) is -3.52. The standard InChI is InChI=1S/C13H22ClO4P/c1-3-16-19(15,17-4-2)18-11-13(14)10-12-8-6-5-7-9-12/h10-11H,3-9H2,1-2H3/b13-11+. The molecule has 110 valence electrons. The molecule has 0 aliphatic heterocycles. The van der Waals surface area contributed by atoms with Gasteiger partial charge in [-0.05, 0) is 45.6 Å². The number of hydrogen-bond donors (Lipinski definition) is 0. The summed E-state index contributed by atoms with van der Waals surface area (Å²) in [6, 6.07) is 0. The van der Waals surface area contributed by atoms with Gasteiger partial charge < -0.3 is 4.52 Å². The van der Waals surface area contributed by atoms with E-state index in [0.29, 0.717) is 5.03 Å². The first kappa shape index (κ1) is 16.8. The molecule has 1 fully saturated rings. The molecule has 0 bridgehead atoms. The molecule has 0 aromatic carbocycles. The van der Waals surface area contributed by atoms with Gasteiger partial charge in [-0.25, -0.2) is 4.57 Å². The van der Waals surface area contributed by atoms with Crippen molar-refractivity contribution in [3.05, 3.63) is 22.9 Å². The Morgan fingerprint density at radius 3 is 2.32 bits per heavy atom. The first-order valence-electron chi connectivity index (χ1n) is 6.72. The molecule has 19 heavy (non-hydrogen) atoms. The van der Waals surface area contributed by atoms with Crippen LogP contribution in [0.25, 0.3) is 0 Å². The molecule has 0 aromatic rings. The predicted octanol–water partition coefficient (Wildman–Crippen LogP) is 5.15. The predicted molar refractivity (Wildman–Crippen MR) is 77.0 cm³/mol. The minimum atomic E-state index is -3.52. The van der Waals surface area contributed by atoms with E-state index in [1.165, 1.54) is 31.1 Å². The molecule has 0 radical (unpaired) electrons. The summed E-state index contributed by atoms with van der Waals surface area (Å²) in [5.41, 5.74) is 1.30. The number of phosphoric ester groups is 1. The normalized spacial score (nSPS) is 17.4. The fraction of sp³-hybridized carbons (Fsp3) is 0.692. The lowest BCUT2D eigenvalue weighted by atomic mass is 9.95. The fourth-order valence-electron chi connectivity index (χ4n) is 1.91. The number of halogens is 1. The molecule has 1 aliphatic rings. The highest BCUT2D eigenvalue weighted by atomic mass is 35.5. The minimum absolute atomic E-state index is 0.254. The molecule has 1 aliphatic carbocycles. The highest BCUT2D eigenvalue weighted by Crippen LogP contribution is 2.49. The molecule has 0 N–H and O–H groups in total. The van der Waals surface area contributed by atoms with Crippen LogP contribution < -0.4 is 0 Å². The van der Waals surface area contributed by atoms with Crippen LogP contribution in [-0.4, -0.2) is 13.2 Å². The van der Waals surface area contributed by atoms with E-state index in [0.717, 1.165) is 12.8 Å². The molecular formula is C13H22ClO4P. The Balaban J connectivity index is 2.59. The van der Waals surface area contributed by atoms with E-state index in [4.69, 9.17) is 25.2 Å². The maximum Gasteiger partial charge on any atom is 0.529 e. The number of phosphoric acid groups is 1. The lowest BCUT2D eigenvalue weighted by Gasteiger charge is -2.15. The van der Waals surface area contributed by atoms with Crippen LogP contribution in [0.5, 0.6) is 0 Å². The monoisotopic (exact) mass is 308 g/mol. The van der Waals surface area contributed by atoms with E-state index in [1.54, 1.807) is 13.8 Å². The maximum absolute atomic E-state index is 12.0. The van der Waals surface area contributed by atoms with Crippen molar-refractivity contribution in [1.29, 1.82) is 0 Å². The molecule has 4 nitrogen and oxygen atoms in total. The van der Waals surface area contributed by atoms with Crippen LogP contribution in [0, 0.1) is 0 Å². The highest BCUT2D eigenvalue weighted by molar-refractivity contribution is 7.48. The second kappa shape index (κ2) is 8.80. The Hall–Kier alpha value is -0.280. The Kier molecular flexibility index (Phi) is 7.77. The van der Waals surface area contributed by atoms with Crippen LogP contribution in [0.1, 0.15) is 46.0 Å². The zero-order chi connectivity index (χ0) is 14.1. The third-order valence-corrected chi connectivity index (χ3v) is 4.42. The van der Waals surface area contributed by atoms with Crippen molar-refractivity contribution in [2.45, 2.75) is 46.0 Å². The number of hydrogen-bond acceptors (Lipinski definition) is 4. The SMILES string of the molecule is CCOP(=O)(O/C=C(/Cl)C=C1CCCCC1)OCC. The smallest absolute Gasteiger partial charge is 0.410 e. The summed E-state index contributed by atoms with van der Waals surface area (Å²) in [5.74, 6) is 0. The summed E-state index contributed by atoms with van der Waals surface area (Å²) < 4.78 is 27.1. The van der Waals surface area contributed by atoms with E-state index in [-0.39, 0.29) is 13.2 Å². The van der Waals surface area contributed by atoms with Crippen molar-refractivity contribution in [2.24, 2.45) is 0 Å². The van der Waals surface area contributed by atoms with Gasteiger partial charge >= 0.3 is 7.82 Å². The number of rotatable bonds is 7. The second-order valence-corrected chi connectivity index (χ2v) is 6.31. The van der Waals surface area contributed by atoms with Crippen molar-refractivity contribution in [1.82, 2.24) is 0 Å². The molecule has 0 spiro atoms. The molecular weight excluding hydrogens is 287 g/mol. The lowest BCUT2D eigenvalue weighted by molar-refractivity contribution is 0.153. The molecule has 1 rings (SSSR count). The highest BCUT2D eigenvalue weighted by Gasteiger charge is 2.25. The molecule has 0 unspecified atom stereocenters. The maximum atomic E-state index is 12.0. The Labute approximate surface area is 120 Å². The molecule has 0 atom stereocenters. The van der Waals surface area contributed by atoms with Crippen LogP contribution in [0.2, 0.25) is 0 Å². The summed E-state index contributed by atoms with van der Waals surface area (Å²) >= 11 is 6.05. The molecule has 0 heterocycles. The minimum Gasteiger partial charge on any atom is -0.410 e. The van der Waals surface area contributed by atoms with Gasteiger partial charge in [-0.3, -0.25) is 9.05 Å². The van der Waals surface area contributed by atoms with Gasteiger partial charge in [-0.2, -0.15) is 0 Å². The number of allylic oxidation sites excluding steroid dienone is 3. The second-order valence-electron chi connectivity index (χ2n) is 4.25. The van der Waals surface area contributed by atoms with Gasteiger partial charge in [-0.1, -0.05) is 23.6 Å². The van der Waals surface area contributed by atoms with Crippen molar-refractivity contribution >= 4 is 19.4 Å². The topological polar surface area (TPSA) is 44.8 Å². The average Bonchev–Trinajstić information content (AvgIpc) is 2.38. The molecule has 0 aromatic heterocycles. The summed E-state index contributed by atoms with van der Waals surface area (Å²) in [6.07, 6.45) is 8.94. The third-order valence-electron chi connectivity index (χ3n) is 2.71. The van der Waals surface area contributed by atoms with Gasteiger partial charge in [0.25, 0.3) is 0 Å². The summed E-state index contributed by atoms with van der Waals surface area (Å²) in [6.45, 7) is 3.96. The quantitative estimate of drug-likeness (QED) is 0.481. The first-order valence-corrected chi connectivity index (χ1v) is 8.56. The lowest BCUT2D eigenvalue weighted by Crippen LogP contribution is -1.97. The van der Waals surface area contributed by atoms with E-state index in [2.05, 4.69) is 0 Å². The first-order chi connectivity index (χ1) is 9.09. The van der Waals surface area contributed by atoms with Crippen LogP contribution in [-0.2, 0) is 18.1 Å². The van der Waals surface area contributed by atoms with E-state index in [1.807, 2.05) is 6.08 Å². The van der Waals surface area contributed by atoms with Crippen molar-refractivity contribution in [3.8, 4) is 0 Å². The van der Waals surface area contributed by atoms with Gasteiger partial charge in [0.15, 0.2) is 0 Å². The van der Waals surface area contributed by atoms with Crippen molar-refractivity contribution in [2.75, 3.05) is 13.2 Å². The Morgan fingerprint density at radius 1 is 1.21 bits per heavy atom. The van der Waals surface area contributed by atoms with E-state index in [9.17, 15) is 4.57 Å². The van der Waals surface area contributed by atoms with Gasteiger partial charge in [0.1, 0.15) is 6.26 Å². The van der Waals surface area contributed by atoms with Gasteiger partial charge in [0.2, 0.25) is 0 Å². The van der Waals surface area contributed by atoms with Crippen LogP contribution in [0.4, 0.5) is 0 Å². The molecule has 0 saturated heterocycles. The molecule has 6 heteroatoms. The van der Waals surface area contributed by atoms with Crippen LogP contribution >= 0.6 is 19.4 Å². The van der Waals surface area contributed by atoms with E-state index < -0.39 is 7.82 Å². The molecule has 1 saturated carbocycles. The molecule has 0 amide bonds. The zero-order valence-electron chi connectivity index (χ0n) is 11.6. The fourth-order valence-corrected chi connectivity index (χ4v) is 3.24. The van der Waals surface area contributed by atoms with Crippen LogP contribution in [0.15, 0.2) is 22.9 Å². The van der Waals surface area contributed by atoms with Crippen LogP contribution in [0.3, 0.4) is 0 Å². The largest absolute Gasteiger partial charge is 0.529 e. The van der Waals surface area contributed by atoms with Crippen molar-refractivity contribution < 1.29 is 18.1 Å². The summed E-state index contributed by atoms with van der Waals surface area (Å²) in [5, 5.41) is 0.413.